The lowest BCUT2D eigenvalue weighted by Crippen LogP contribution is -2.33. The van der Waals surface area contributed by atoms with E-state index >= 15 is 0 Å². The molecule has 1 aliphatic carbocycles. The lowest BCUT2D eigenvalue weighted by Gasteiger charge is -2.26. The normalized spacial score (nSPS) is 21.1. The molecule has 15 heavy (non-hydrogen) atoms. The van der Waals surface area contributed by atoms with Crippen molar-refractivity contribution in [1.29, 1.82) is 0 Å². The van der Waals surface area contributed by atoms with Crippen molar-refractivity contribution in [1.82, 2.24) is 5.32 Å². The first-order valence-corrected chi connectivity index (χ1v) is 5.71. The Morgan fingerprint density at radius 3 is 2.87 bits per heavy atom. The van der Waals surface area contributed by atoms with Gasteiger partial charge in [-0.25, -0.2) is 0 Å². The zero-order valence-corrected chi connectivity index (χ0v) is 9.27. The molecule has 1 fully saturated rings. The molecule has 0 aromatic heterocycles. The van der Waals surface area contributed by atoms with Crippen LogP contribution >= 0.6 is 0 Å². The van der Waals surface area contributed by atoms with Crippen LogP contribution < -0.4 is 5.32 Å². The first-order valence-electron chi connectivity index (χ1n) is 5.71. The van der Waals surface area contributed by atoms with Crippen LogP contribution in [-0.2, 0) is 12.0 Å². The van der Waals surface area contributed by atoms with Crippen molar-refractivity contribution >= 4 is 5.57 Å². The van der Waals surface area contributed by atoms with E-state index in [1.54, 1.807) is 5.56 Å². The molecule has 1 aromatic rings. The molecule has 1 N–H and O–H groups in total. The van der Waals surface area contributed by atoms with E-state index in [1.165, 1.54) is 30.5 Å². The van der Waals surface area contributed by atoms with Gasteiger partial charge in [0.15, 0.2) is 0 Å². The standard InChI is InChI=1S/C14H17N/c1-10(2)11-3-4-13-12(7-11)8-15-9-14(13)5-6-14/h3-4,7,15H,1,5-6,8-9H2,2H3. The highest BCUT2D eigenvalue weighted by atomic mass is 14.9. The van der Waals surface area contributed by atoms with Crippen molar-refractivity contribution < 1.29 is 0 Å². The van der Waals surface area contributed by atoms with E-state index < -0.39 is 0 Å². The molecule has 1 saturated carbocycles. The molecule has 78 valence electrons. The zero-order valence-electron chi connectivity index (χ0n) is 9.27. The Kier molecular flexibility index (Phi) is 1.81. The second kappa shape index (κ2) is 2.96. The molecule has 1 aromatic carbocycles. The summed E-state index contributed by atoms with van der Waals surface area (Å²) in [5.41, 5.74) is 6.02. The van der Waals surface area contributed by atoms with E-state index in [0.29, 0.717) is 5.41 Å². The van der Waals surface area contributed by atoms with E-state index in [4.69, 9.17) is 0 Å². The molecule has 0 amide bonds. The molecule has 0 radical (unpaired) electrons. The number of hydrogen-bond donors (Lipinski definition) is 1. The van der Waals surface area contributed by atoms with E-state index in [2.05, 4.69) is 37.0 Å². The SMILES string of the molecule is C=C(C)c1ccc2c(c1)CNCC21CC1. The van der Waals surface area contributed by atoms with Gasteiger partial charge in [0.2, 0.25) is 0 Å². The number of fused-ring (bicyclic) bond motifs is 2. The van der Waals surface area contributed by atoms with Gasteiger partial charge in [-0.2, -0.15) is 0 Å². The minimum atomic E-state index is 0.501. The highest BCUT2D eigenvalue weighted by Gasteiger charge is 2.46. The molecule has 0 saturated heterocycles. The molecule has 1 aliphatic heterocycles. The van der Waals surface area contributed by atoms with Crippen LogP contribution in [0.1, 0.15) is 36.5 Å². The third kappa shape index (κ3) is 1.34. The second-order valence-corrected chi connectivity index (χ2v) is 5.04. The van der Waals surface area contributed by atoms with Crippen molar-refractivity contribution in [2.24, 2.45) is 0 Å². The van der Waals surface area contributed by atoms with Crippen molar-refractivity contribution in [3.05, 3.63) is 41.5 Å². The van der Waals surface area contributed by atoms with Crippen molar-refractivity contribution in [2.45, 2.75) is 31.7 Å². The zero-order chi connectivity index (χ0) is 10.5. The molecule has 1 nitrogen and oxygen atoms in total. The largest absolute Gasteiger partial charge is 0.312 e. The minimum absolute atomic E-state index is 0.501. The van der Waals surface area contributed by atoms with Gasteiger partial charge < -0.3 is 5.32 Å². The highest BCUT2D eigenvalue weighted by Crippen LogP contribution is 2.50. The van der Waals surface area contributed by atoms with Crippen LogP contribution in [-0.4, -0.2) is 6.54 Å². The summed E-state index contributed by atoms with van der Waals surface area (Å²) in [6.07, 6.45) is 2.72. The Bertz CT molecular complexity index is 427. The van der Waals surface area contributed by atoms with Crippen molar-refractivity contribution in [3.8, 4) is 0 Å². The summed E-state index contributed by atoms with van der Waals surface area (Å²) in [6, 6.07) is 6.86. The van der Waals surface area contributed by atoms with Crippen molar-refractivity contribution in [2.75, 3.05) is 6.54 Å². The Labute approximate surface area is 91.2 Å². The van der Waals surface area contributed by atoms with Crippen LogP contribution in [0.4, 0.5) is 0 Å². The Morgan fingerprint density at radius 2 is 2.20 bits per heavy atom. The fraction of sp³-hybridized carbons (Fsp3) is 0.429. The summed E-state index contributed by atoms with van der Waals surface area (Å²) in [6.45, 7) is 8.28. The summed E-state index contributed by atoms with van der Waals surface area (Å²) in [5.74, 6) is 0. The number of benzene rings is 1. The van der Waals surface area contributed by atoms with Crippen LogP contribution in [0.2, 0.25) is 0 Å². The first-order chi connectivity index (χ1) is 7.21. The summed E-state index contributed by atoms with van der Waals surface area (Å²) in [4.78, 5) is 0. The third-order valence-electron chi connectivity index (χ3n) is 3.80. The van der Waals surface area contributed by atoms with Gasteiger partial charge in [-0.1, -0.05) is 24.3 Å². The predicted molar refractivity (Wildman–Crippen MR) is 63.8 cm³/mol. The summed E-state index contributed by atoms with van der Waals surface area (Å²) in [7, 11) is 0. The van der Waals surface area contributed by atoms with E-state index in [1.807, 2.05) is 0 Å². The predicted octanol–water partition coefficient (Wildman–Crippen LogP) is 2.85. The quantitative estimate of drug-likeness (QED) is 0.733. The first kappa shape index (κ1) is 9.17. The molecule has 2 aliphatic rings. The van der Waals surface area contributed by atoms with Gasteiger partial charge in [0, 0.05) is 18.5 Å². The smallest absolute Gasteiger partial charge is 0.0209 e. The Hall–Kier alpha value is -1.08. The highest BCUT2D eigenvalue weighted by molar-refractivity contribution is 5.63. The maximum Gasteiger partial charge on any atom is 0.0209 e. The van der Waals surface area contributed by atoms with Gasteiger partial charge in [0.25, 0.3) is 0 Å². The van der Waals surface area contributed by atoms with E-state index in [0.717, 1.165) is 12.1 Å². The summed E-state index contributed by atoms with van der Waals surface area (Å²) >= 11 is 0. The molecule has 0 bridgehead atoms. The second-order valence-electron chi connectivity index (χ2n) is 5.04. The number of rotatable bonds is 1. The molecule has 0 unspecified atom stereocenters. The van der Waals surface area contributed by atoms with E-state index in [-0.39, 0.29) is 0 Å². The van der Waals surface area contributed by atoms with Crippen LogP contribution in [0.25, 0.3) is 5.57 Å². The topological polar surface area (TPSA) is 12.0 Å². The van der Waals surface area contributed by atoms with Crippen LogP contribution in [0.3, 0.4) is 0 Å². The molecule has 1 heterocycles. The van der Waals surface area contributed by atoms with Gasteiger partial charge in [-0.15, -0.1) is 0 Å². The van der Waals surface area contributed by atoms with Gasteiger partial charge in [-0.3, -0.25) is 0 Å². The maximum atomic E-state index is 4.01. The minimum Gasteiger partial charge on any atom is -0.312 e. The molecular formula is C14H17N. The van der Waals surface area contributed by atoms with Crippen LogP contribution in [0.5, 0.6) is 0 Å². The van der Waals surface area contributed by atoms with Gasteiger partial charge in [-0.05, 0) is 42.5 Å². The molecule has 0 atom stereocenters. The fourth-order valence-electron chi connectivity index (χ4n) is 2.65. The number of nitrogens with one attached hydrogen (secondary N) is 1. The molecule has 1 heteroatoms. The number of allylic oxidation sites excluding steroid dienone is 1. The fourth-order valence-corrected chi connectivity index (χ4v) is 2.65. The summed E-state index contributed by atoms with van der Waals surface area (Å²) in [5, 5.41) is 3.53. The molecular weight excluding hydrogens is 182 g/mol. The third-order valence-corrected chi connectivity index (χ3v) is 3.80. The van der Waals surface area contributed by atoms with Crippen LogP contribution in [0, 0.1) is 0 Å². The monoisotopic (exact) mass is 199 g/mol. The van der Waals surface area contributed by atoms with Crippen LogP contribution in [0.15, 0.2) is 24.8 Å². The number of hydrogen-bond acceptors (Lipinski definition) is 1. The molecule has 1 spiro atoms. The average molecular weight is 199 g/mol. The lowest BCUT2D eigenvalue weighted by molar-refractivity contribution is 0.531. The summed E-state index contributed by atoms with van der Waals surface area (Å²) < 4.78 is 0. The average Bonchev–Trinajstić information content (AvgIpc) is 2.98. The van der Waals surface area contributed by atoms with Gasteiger partial charge >= 0.3 is 0 Å². The molecule has 3 rings (SSSR count). The Morgan fingerprint density at radius 1 is 1.40 bits per heavy atom. The van der Waals surface area contributed by atoms with Gasteiger partial charge in [0.05, 0.1) is 0 Å². The Balaban J connectivity index is 2.09. The van der Waals surface area contributed by atoms with Crippen molar-refractivity contribution in [3.63, 3.8) is 0 Å². The van der Waals surface area contributed by atoms with E-state index in [9.17, 15) is 0 Å². The van der Waals surface area contributed by atoms with Gasteiger partial charge in [0.1, 0.15) is 0 Å². The lowest BCUT2D eigenvalue weighted by atomic mass is 9.86. The maximum absolute atomic E-state index is 4.01.